The molecule has 3 N–H and O–H groups in total. The Kier molecular flexibility index (Phi) is 3.61. The van der Waals surface area contributed by atoms with Gasteiger partial charge in [-0.05, 0) is 31.6 Å². The van der Waals surface area contributed by atoms with Gasteiger partial charge < -0.3 is 4.57 Å². The SMILES string of the molecule is CCn1ccnc1CC(NN)C(C)C1CC1. The number of hydrogen-bond donors (Lipinski definition) is 2. The fourth-order valence-corrected chi connectivity index (χ4v) is 2.36. The summed E-state index contributed by atoms with van der Waals surface area (Å²) < 4.78 is 2.18. The Morgan fingerprint density at radius 1 is 1.62 bits per heavy atom. The minimum absolute atomic E-state index is 0.347. The maximum absolute atomic E-state index is 5.66. The van der Waals surface area contributed by atoms with Gasteiger partial charge in [-0.2, -0.15) is 0 Å². The molecule has 2 unspecified atom stereocenters. The van der Waals surface area contributed by atoms with Gasteiger partial charge >= 0.3 is 0 Å². The van der Waals surface area contributed by atoms with E-state index < -0.39 is 0 Å². The normalized spacial score (nSPS) is 19.7. The van der Waals surface area contributed by atoms with Gasteiger partial charge in [0.05, 0.1) is 0 Å². The summed E-state index contributed by atoms with van der Waals surface area (Å²) in [5, 5.41) is 0. The Labute approximate surface area is 97.2 Å². The summed E-state index contributed by atoms with van der Waals surface area (Å²) in [6.07, 6.45) is 7.55. The summed E-state index contributed by atoms with van der Waals surface area (Å²) in [6, 6.07) is 0.347. The van der Waals surface area contributed by atoms with E-state index >= 15 is 0 Å². The Morgan fingerprint density at radius 3 is 2.94 bits per heavy atom. The van der Waals surface area contributed by atoms with Crippen LogP contribution in [0.15, 0.2) is 12.4 Å². The molecule has 4 nitrogen and oxygen atoms in total. The van der Waals surface area contributed by atoms with Gasteiger partial charge in [0.1, 0.15) is 5.82 Å². The van der Waals surface area contributed by atoms with Crippen LogP contribution in [-0.2, 0) is 13.0 Å². The van der Waals surface area contributed by atoms with E-state index in [1.165, 1.54) is 12.8 Å². The van der Waals surface area contributed by atoms with Crippen molar-refractivity contribution >= 4 is 0 Å². The van der Waals surface area contributed by atoms with E-state index in [1.807, 2.05) is 12.4 Å². The molecule has 1 heterocycles. The molecule has 1 aliphatic carbocycles. The van der Waals surface area contributed by atoms with Gasteiger partial charge in [-0.15, -0.1) is 0 Å². The van der Waals surface area contributed by atoms with Crippen molar-refractivity contribution in [2.75, 3.05) is 0 Å². The third-order valence-electron chi connectivity index (χ3n) is 3.76. The molecule has 0 aromatic carbocycles. The molecule has 1 aromatic heterocycles. The second-order valence-electron chi connectivity index (χ2n) is 4.80. The molecule has 0 aliphatic heterocycles. The molecule has 2 atom stereocenters. The van der Waals surface area contributed by atoms with Gasteiger partial charge in [0, 0.05) is 31.4 Å². The maximum Gasteiger partial charge on any atom is 0.110 e. The van der Waals surface area contributed by atoms with E-state index in [4.69, 9.17) is 5.84 Å². The van der Waals surface area contributed by atoms with Crippen molar-refractivity contribution in [1.82, 2.24) is 15.0 Å². The number of nitrogens with one attached hydrogen (secondary N) is 1. The van der Waals surface area contributed by atoms with Crippen LogP contribution in [0.5, 0.6) is 0 Å². The summed E-state index contributed by atoms with van der Waals surface area (Å²) in [5.41, 5.74) is 2.96. The fourth-order valence-electron chi connectivity index (χ4n) is 2.36. The molecular formula is C12H22N4. The van der Waals surface area contributed by atoms with E-state index in [1.54, 1.807) is 0 Å². The van der Waals surface area contributed by atoms with Crippen LogP contribution in [0, 0.1) is 11.8 Å². The van der Waals surface area contributed by atoms with Crippen molar-refractivity contribution in [1.29, 1.82) is 0 Å². The summed E-state index contributed by atoms with van der Waals surface area (Å²) >= 11 is 0. The van der Waals surface area contributed by atoms with Crippen LogP contribution < -0.4 is 11.3 Å². The van der Waals surface area contributed by atoms with Gasteiger partial charge in [0.15, 0.2) is 0 Å². The number of aromatic nitrogens is 2. The standard InChI is InChI=1S/C12H22N4/c1-3-16-7-6-14-12(16)8-11(15-13)9(2)10-4-5-10/h6-7,9-11,15H,3-5,8,13H2,1-2H3. The predicted molar refractivity (Wildman–Crippen MR) is 64.6 cm³/mol. The highest BCUT2D eigenvalue weighted by Crippen LogP contribution is 2.38. The maximum atomic E-state index is 5.66. The van der Waals surface area contributed by atoms with Crippen LogP contribution in [0.2, 0.25) is 0 Å². The number of imidazole rings is 1. The quantitative estimate of drug-likeness (QED) is 0.564. The molecule has 1 saturated carbocycles. The number of aryl methyl sites for hydroxylation is 1. The molecule has 0 spiro atoms. The average Bonchev–Trinajstić information content (AvgIpc) is 3.05. The Balaban J connectivity index is 2.00. The van der Waals surface area contributed by atoms with Gasteiger partial charge in [0.25, 0.3) is 0 Å². The van der Waals surface area contributed by atoms with Crippen LogP contribution in [0.3, 0.4) is 0 Å². The van der Waals surface area contributed by atoms with Crippen LogP contribution in [0.25, 0.3) is 0 Å². The zero-order valence-electron chi connectivity index (χ0n) is 10.2. The molecule has 1 aliphatic rings. The first kappa shape index (κ1) is 11.6. The van der Waals surface area contributed by atoms with Crippen molar-refractivity contribution in [2.45, 2.75) is 45.7 Å². The second-order valence-corrected chi connectivity index (χ2v) is 4.80. The minimum atomic E-state index is 0.347. The summed E-state index contributed by atoms with van der Waals surface area (Å²) in [4.78, 5) is 4.40. The monoisotopic (exact) mass is 222 g/mol. The Hall–Kier alpha value is -0.870. The lowest BCUT2D eigenvalue weighted by Gasteiger charge is -2.23. The molecule has 16 heavy (non-hydrogen) atoms. The van der Waals surface area contributed by atoms with Crippen molar-refractivity contribution < 1.29 is 0 Å². The van der Waals surface area contributed by atoms with Gasteiger partial charge in [0.2, 0.25) is 0 Å². The highest BCUT2D eigenvalue weighted by molar-refractivity contribution is 4.98. The highest BCUT2D eigenvalue weighted by Gasteiger charge is 2.33. The molecule has 0 saturated heterocycles. The number of nitrogens with two attached hydrogens (primary N) is 1. The Morgan fingerprint density at radius 2 is 2.38 bits per heavy atom. The third kappa shape index (κ3) is 2.44. The first-order valence-electron chi connectivity index (χ1n) is 6.22. The molecule has 0 amide bonds. The van der Waals surface area contributed by atoms with Crippen LogP contribution in [0.1, 0.15) is 32.5 Å². The molecule has 1 aromatic rings. The van der Waals surface area contributed by atoms with Crippen LogP contribution in [0.4, 0.5) is 0 Å². The highest BCUT2D eigenvalue weighted by atomic mass is 15.2. The predicted octanol–water partition coefficient (Wildman–Crippen LogP) is 1.32. The van der Waals surface area contributed by atoms with Crippen LogP contribution in [-0.4, -0.2) is 15.6 Å². The first-order chi connectivity index (χ1) is 7.76. The minimum Gasteiger partial charge on any atom is -0.335 e. The number of hydrogen-bond acceptors (Lipinski definition) is 3. The van der Waals surface area contributed by atoms with Crippen molar-refractivity contribution in [3.63, 3.8) is 0 Å². The van der Waals surface area contributed by atoms with Crippen LogP contribution >= 0.6 is 0 Å². The fraction of sp³-hybridized carbons (Fsp3) is 0.750. The van der Waals surface area contributed by atoms with Crippen molar-refractivity contribution in [2.24, 2.45) is 17.7 Å². The number of hydrazine groups is 1. The zero-order valence-corrected chi connectivity index (χ0v) is 10.2. The first-order valence-corrected chi connectivity index (χ1v) is 6.22. The van der Waals surface area contributed by atoms with Crippen molar-refractivity contribution in [3.05, 3.63) is 18.2 Å². The second kappa shape index (κ2) is 4.97. The largest absolute Gasteiger partial charge is 0.335 e. The molecule has 1 fully saturated rings. The van der Waals surface area contributed by atoms with E-state index in [-0.39, 0.29) is 0 Å². The smallest absolute Gasteiger partial charge is 0.110 e. The average molecular weight is 222 g/mol. The lowest BCUT2D eigenvalue weighted by Crippen LogP contribution is -2.42. The molecule has 0 bridgehead atoms. The zero-order chi connectivity index (χ0) is 11.5. The van der Waals surface area contributed by atoms with Gasteiger partial charge in [-0.1, -0.05) is 6.92 Å². The summed E-state index contributed by atoms with van der Waals surface area (Å²) in [7, 11) is 0. The topological polar surface area (TPSA) is 55.9 Å². The van der Waals surface area contributed by atoms with E-state index in [0.29, 0.717) is 12.0 Å². The summed E-state index contributed by atoms with van der Waals surface area (Å²) in [6.45, 7) is 5.41. The van der Waals surface area contributed by atoms with E-state index in [0.717, 1.165) is 24.7 Å². The molecular weight excluding hydrogens is 200 g/mol. The molecule has 2 rings (SSSR count). The lowest BCUT2D eigenvalue weighted by molar-refractivity contribution is 0.336. The molecule has 90 valence electrons. The number of rotatable bonds is 6. The lowest BCUT2D eigenvalue weighted by atomic mass is 9.94. The summed E-state index contributed by atoms with van der Waals surface area (Å²) in [5.74, 6) is 8.31. The van der Waals surface area contributed by atoms with Gasteiger partial charge in [-0.25, -0.2) is 4.98 Å². The number of nitrogens with zero attached hydrogens (tertiary/aromatic N) is 2. The van der Waals surface area contributed by atoms with E-state index in [9.17, 15) is 0 Å². The van der Waals surface area contributed by atoms with Crippen molar-refractivity contribution in [3.8, 4) is 0 Å². The van der Waals surface area contributed by atoms with E-state index in [2.05, 4.69) is 28.8 Å². The third-order valence-corrected chi connectivity index (χ3v) is 3.76. The van der Waals surface area contributed by atoms with Gasteiger partial charge in [-0.3, -0.25) is 11.3 Å². The molecule has 4 heteroatoms. The Bertz CT molecular complexity index is 330. The molecule has 0 radical (unpaired) electrons.